The van der Waals surface area contributed by atoms with E-state index in [9.17, 15) is 19.6 Å². The number of hydrogen-bond donors (Lipinski definition) is 1. The monoisotopic (exact) mass is 538 g/mol. The molecule has 0 spiro atoms. The quantitative estimate of drug-likeness (QED) is 0.328. The normalized spacial score (nSPS) is 34.1. The molecule has 1 saturated carbocycles. The van der Waals surface area contributed by atoms with Gasteiger partial charge in [0.05, 0.1) is 12.2 Å². The SMILES string of the molecule is CCOC(=O)N[C@@](C)(CCC(C)(C)CC)CC[C@]1(C)CC(=O)C=C2[C@@]3(C)C=C(C#N)C(=O)[C@@H](C)[C@@H]3CC[C@]21C. The number of ketones is 2. The first-order chi connectivity index (χ1) is 18.0. The van der Waals surface area contributed by atoms with E-state index in [4.69, 9.17) is 4.74 Å². The zero-order valence-corrected chi connectivity index (χ0v) is 25.8. The van der Waals surface area contributed by atoms with Crippen molar-refractivity contribution in [3.63, 3.8) is 0 Å². The smallest absolute Gasteiger partial charge is 0.407 e. The molecule has 39 heavy (non-hydrogen) atoms. The van der Waals surface area contributed by atoms with Crippen LogP contribution in [0.1, 0.15) is 114 Å². The highest BCUT2D eigenvalue weighted by Gasteiger charge is 2.61. The number of alkyl carbamates (subject to hydrolysis) is 1. The number of Topliss-reactive ketones (excluding diaryl/α,β-unsaturated/α-hetero) is 1. The Hall–Kier alpha value is -2.42. The van der Waals surface area contributed by atoms with Crippen molar-refractivity contribution in [2.45, 2.75) is 119 Å². The van der Waals surface area contributed by atoms with Crippen molar-refractivity contribution in [3.05, 3.63) is 23.3 Å². The molecule has 6 nitrogen and oxygen atoms in total. The summed E-state index contributed by atoms with van der Waals surface area (Å²) in [6, 6.07) is 2.13. The minimum atomic E-state index is -0.514. The number of carbonyl (C=O) groups excluding carboxylic acids is 3. The largest absolute Gasteiger partial charge is 0.450 e. The molecule has 1 fully saturated rings. The van der Waals surface area contributed by atoms with Crippen LogP contribution in [0.5, 0.6) is 0 Å². The second-order valence-corrected chi connectivity index (χ2v) is 14.3. The van der Waals surface area contributed by atoms with E-state index in [0.717, 1.165) is 50.5 Å². The molecule has 3 rings (SSSR count). The summed E-state index contributed by atoms with van der Waals surface area (Å²) in [5.74, 6) is -0.147. The molecule has 6 heteroatoms. The van der Waals surface area contributed by atoms with Gasteiger partial charge in [-0.2, -0.15) is 5.26 Å². The Morgan fingerprint density at radius 2 is 1.82 bits per heavy atom. The Morgan fingerprint density at radius 1 is 1.15 bits per heavy atom. The molecule has 0 aromatic carbocycles. The molecule has 0 bridgehead atoms. The lowest BCUT2D eigenvalue weighted by molar-refractivity contribution is -0.126. The van der Waals surface area contributed by atoms with Gasteiger partial charge in [-0.25, -0.2) is 4.79 Å². The number of rotatable bonds is 9. The predicted molar refractivity (Wildman–Crippen MR) is 154 cm³/mol. The standard InChI is InChI=1S/C33H50N2O4/c1-10-29(4,5)14-16-31(7,35-28(38)39-11-2)17-15-30(6)20-24(36)18-26-32(8)19-23(21-34)27(37)22(3)25(32)12-13-33(26,30)9/h18-19,22,25H,10-17,20H2,1-9H3,(H,35,38)/t22-,25-,30+,31-,32-,33+/m0/s1. The van der Waals surface area contributed by atoms with E-state index in [1.165, 1.54) is 0 Å². The van der Waals surface area contributed by atoms with Gasteiger partial charge >= 0.3 is 6.09 Å². The van der Waals surface area contributed by atoms with Crippen LogP contribution in [0.4, 0.5) is 4.79 Å². The number of nitriles is 1. The summed E-state index contributed by atoms with van der Waals surface area (Å²) in [5.41, 5.74) is -0.122. The van der Waals surface area contributed by atoms with Crippen LogP contribution in [-0.4, -0.2) is 29.8 Å². The van der Waals surface area contributed by atoms with Gasteiger partial charge in [0.2, 0.25) is 0 Å². The predicted octanol–water partition coefficient (Wildman–Crippen LogP) is 7.48. The molecule has 3 aliphatic rings. The average Bonchev–Trinajstić information content (AvgIpc) is 2.86. The highest BCUT2D eigenvalue weighted by Crippen LogP contribution is 2.67. The van der Waals surface area contributed by atoms with Crippen LogP contribution < -0.4 is 5.32 Å². The molecule has 0 aromatic heterocycles. The van der Waals surface area contributed by atoms with Gasteiger partial charge in [0.25, 0.3) is 0 Å². The van der Waals surface area contributed by atoms with Gasteiger partial charge in [-0.05, 0) is 80.6 Å². The van der Waals surface area contributed by atoms with E-state index in [1.54, 1.807) is 0 Å². The van der Waals surface area contributed by atoms with Gasteiger partial charge in [-0.1, -0.05) is 66.5 Å². The number of carbonyl (C=O) groups is 3. The number of allylic oxidation sites excluding steroid dienone is 4. The lowest BCUT2D eigenvalue weighted by Gasteiger charge is -2.61. The number of nitrogens with zero attached hydrogens (tertiary/aromatic N) is 1. The van der Waals surface area contributed by atoms with Gasteiger partial charge in [0.15, 0.2) is 11.6 Å². The van der Waals surface area contributed by atoms with Crippen LogP contribution in [0, 0.1) is 44.8 Å². The lowest BCUT2D eigenvalue weighted by Crippen LogP contribution is -2.56. The first-order valence-corrected chi connectivity index (χ1v) is 14.9. The van der Waals surface area contributed by atoms with E-state index < -0.39 is 17.0 Å². The van der Waals surface area contributed by atoms with Crippen LogP contribution in [0.3, 0.4) is 0 Å². The van der Waals surface area contributed by atoms with E-state index >= 15 is 0 Å². The Morgan fingerprint density at radius 3 is 2.41 bits per heavy atom. The molecule has 1 N–H and O–H groups in total. The number of nitrogens with one attached hydrogen (secondary N) is 1. The Bertz CT molecular complexity index is 1110. The molecular weight excluding hydrogens is 488 g/mol. The van der Waals surface area contributed by atoms with Gasteiger partial charge in [-0.3, -0.25) is 9.59 Å². The number of amides is 1. The summed E-state index contributed by atoms with van der Waals surface area (Å²) in [7, 11) is 0. The topological polar surface area (TPSA) is 96.3 Å². The third kappa shape index (κ3) is 5.74. The van der Waals surface area contributed by atoms with E-state index in [1.807, 2.05) is 26.0 Å². The zero-order chi connectivity index (χ0) is 29.4. The van der Waals surface area contributed by atoms with E-state index in [2.05, 4.69) is 59.9 Å². The maximum atomic E-state index is 13.4. The molecule has 0 unspecified atom stereocenters. The number of hydrogen-bond acceptors (Lipinski definition) is 5. The van der Waals surface area contributed by atoms with Gasteiger partial charge in [-0.15, -0.1) is 0 Å². The van der Waals surface area contributed by atoms with Crippen molar-refractivity contribution in [2.24, 2.45) is 33.5 Å². The zero-order valence-electron chi connectivity index (χ0n) is 25.8. The van der Waals surface area contributed by atoms with Crippen LogP contribution in [0.15, 0.2) is 23.3 Å². The van der Waals surface area contributed by atoms with Crippen molar-refractivity contribution in [3.8, 4) is 6.07 Å². The summed E-state index contributed by atoms with van der Waals surface area (Å²) in [4.78, 5) is 38.8. The van der Waals surface area contributed by atoms with Crippen molar-refractivity contribution in [2.75, 3.05) is 6.61 Å². The first kappa shape index (κ1) is 31.1. The summed E-state index contributed by atoms with van der Waals surface area (Å²) in [5, 5.41) is 12.9. The minimum absolute atomic E-state index is 0.0728. The number of ether oxygens (including phenoxy) is 1. The fourth-order valence-electron chi connectivity index (χ4n) is 7.62. The Labute approximate surface area is 236 Å². The first-order valence-electron chi connectivity index (χ1n) is 14.9. The summed E-state index contributed by atoms with van der Waals surface area (Å²) >= 11 is 0. The van der Waals surface area contributed by atoms with Crippen LogP contribution in [0.2, 0.25) is 0 Å². The van der Waals surface area contributed by atoms with Crippen molar-refractivity contribution in [1.82, 2.24) is 5.32 Å². The lowest BCUT2D eigenvalue weighted by atomic mass is 9.42. The van der Waals surface area contributed by atoms with Crippen LogP contribution in [-0.2, 0) is 14.3 Å². The van der Waals surface area contributed by atoms with Gasteiger partial charge in [0.1, 0.15) is 6.07 Å². The second-order valence-electron chi connectivity index (χ2n) is 14.3. The minimum Gasteiger partial charge on any atom is -0.450 e. The molecule has 3 aliphatic carbocycles. The highest BCUT2D eigenvalue weighted by molar-refractivity contribution is 6.02. The third-order valence-electron chi connectivity index (χ3n) is 11.2. The Balaban J connectivity index is 1.97. The van der Waals surface area contributed by atoms with Crippen molar-refractivity contribution >= 4 is 17.7 Å². The van der Waals surface area contributed by atoms with Crippen LogP contribution >= 0.6 is 0 Å². The third-order valence-corrected chi connectivity index (χ3v) is 11.2. The summed E-state index contributed by atoms with van der Waals surface area (Å²) in [6.07, 6.45) is 9.87. The van der Waals surface area contributed by atoms with Crippen LogP contribution in [0.25, 0.3) is 0 Å². The molecule has 0 aliphatic heterocycles. The second kappa shape index (κ2) is 10.9. The maximum absolute atomic E-state index is 13.4. The van der Waals surface area contributed by atoms with Gasteiger partial charge < -0.3 is 10.1 Å². The highest BCUT2D eigenvalue weighted by atomic mass is 16.5. The molecule has 216 valence electrons. The van der Waals surface area contributed by atoms with E-state index in [0.29, 0.717) is 13.0 Å². The van der Waals surface area contributed by atoms with E-state index in [-0.39, 0.29) is 45.2 Å². The maximum Gasteiger partial charge on any atom is 0.407 e. The summed E-state index contributed by atoms with van der Waals surface area (Å²) in [6.45, 7) is 19.5. The fourth-order valence-corrected chi connectivity index (χ4v) is 7.62. The summed E-state index contributed by atoms with van der Waals surface area (Å²) < 4.78 is 5.27. The average molecular weight is 539 g/mol. The molecule has 0 radical (unpaired) electrons. The van der Waals surface area contributed by atoms with Crippen molar-refractivity contribution in [1.29, 1.82) is 5.26 Å². The molecule has 6 atom stereocenters. The number of fused-ring (bicyclic) bond motifs is 3. The Kier molecular flexibility index (Phi) is 8.67. The van der Waals surface area contributed by atoms with Crippen molar-refractivity contribution < 1.29 is 19.1 Å². The molecule has 0 aromatic rings. The molecular formula is C33H50N2O4. The molecule has 0 heterocycles. The molecule has 0 saturated heterocycles. The van der Waals surface area contributed by atoms with Gasteiger partial charge in [0, 0.05) is 23.3 Å². The fraction of sp³-hybridized carbons (Fsp3) is 0.758. The molecule has 1 amide bonds.